The summed E-state index contributed by atoms with van der Waals surface area (Å²) in [6, 6.07) is 33.3. The van der Waals surface area contributed by atoms with Crippen LogP contribution in [0.15, 0.2) is 112 Å². The summed E-state index contributed by atoms with van der Waals surface area (Å²) in [7, 11) is -4.80. The lowest BCUT2D eigenvalue weighted by Gasteiger charge is -2.21. The highest BCUT2D eigenvalue weighted by atomic mass is 35.5. The lowest BCUT2D eigenvalue weighted by atomic mass is 9.87. The molecule has 0 saturated carbocycles. The molecule has 0 saturated heterocycles. The van der Waals surface area contributed by atoms with Crippen molar-refractivity contribution in [3.63, 3.8) is 0 Å². The molecule has 0 heterocycles. The molecule has 0 fully saturated rings. The summed E-state index contributed by atoms with van der Waals surface area (Å²) in [6.07, 6.45) is 0. The normalized spacial score (nSPS) is 12.5. The predicted octanol–water partition coefficient (Wildman–Crippen LogP) is 9.85. The van der Waals surface area contributed by atoms with Gasteiger partial charge in [0.05, 0.1) is 10.9 Å². The molecule has 0 N–H and O–H groups in total. The second-order valence-corrected chi connectivity index (χ2v) is 17.0. The van der Waals surface area contributed by atoms with E-state index in [2.05, 4.69) is 139 Å². The van der Waals surface area contributed by atoms with Crippen LogP contribution in [0.3, 0.4) is 0 Å². The number of hydrogen-bond donors (Lipinski definition) is 0. The van der Waals surface area contributed by atoms with Crippen LogP contribution in [0.2, 0.25) is 5.02 Å². The molecule has 0 bridgehead atoms. The van der Waals surface area contributed by atoms with E-state index in [-0.39, 0.29) is 32.9 Å². The van der Waals surface area contributed by atoms with E-state index in [0.717, 1.165) is 0 Å². The van der Waals surface area contributed by atoms with Crippen molar-refractivity contribution >= 4 is 32.9 Å². The van der Waals surface area contributed by atoms with Gasteiger partial charge in [0.25, 0.3) is 10.4 Å². The molecule has 0 spiro atoms. The van der Waals surface area contributed by atoms with Crippen molar-refractivity contribution in [2.75, 3.05) is 0 Å². The minimum atomic E-state index is -4.68. The Morgan fingerprint density at radius 3 is 1.05 bits per heavy atom. The first-order valence-corrected chi connectivity index (χ1v) is 17.1. The van der Waals surface area contributed by atoms with Gasteiger partial charge in [-0.3, -0.25) is 0 Å². The van der Waals surface area contributed by atoms with Crippen molar-refractivity contribution in [2.24, 2.45) is 0 Å². The third kappa shape index (κ3) is 10.4. The summed E-state index contributed by atoms with van der Waals surface area (Å²) < 4.78 is 34.2. The zero-order valence-electron chi connectivity index (χ0n) is 26.6. The Bertz CT molecular complexity index is 1440. The van der Waals surface area contributed by atoms with E-state index in [4.69, 9.17) is 11.6 Å². The molecular weight excluding hydrogens is 596 g/mol. The molecule has 4 aromatic carbocycles. The van der Waals surface area contributed by atoms with Gasteiger partial charge in [-0.05, 0) is 93.6 Å². The van der Waals surface area contributed by atoms with Crippen LogP contribution in [0.1, 0.15) is 79.0 Å². The number of rotatable bonds is 5. The number of hydrogen-bond acceptors (Lipinski definition) is 4. The molecule has 0 aliphatic carbocycles. The first-order chi connectivity index (χ1) is 19.7. The van der Waals surface area contributed by atoms with Crippen LogP contribution in [-0.2, 0) is 37.5 Å². The molecule has 4 rings (SSSR count). The molecule has 4 aromatic rings. The molecular formula is C36H43ClO4S2. The first-order valence-electron chi connectivity index (χ1n) is 14.2. The molecule has 0 atom stereocenters. The second-order valence-electron chi connectivity index (χ2n) is 13.6. The highest BCUT2D eigenvalue weighted by Gasteiger charge is 2.30. The number of benzene rings is 4. The smallest absolute Gasteiger partial charge is 0.262 e. The summed E-state index contributed by atoms with van der Waals surface area (Å²) in [5.74, 6) is -0.0469. The molecule has 230 valence electrons. The third-order valence-electron chi connectivity index (χ3n) is 6.88. The van der Waals surface area contributed by atoms with Gasteiger partial charge in [0.2, 0.25) is 0 Å². The number of halogens is 1. The van der Waals surface area contributed by atoms with Crippen LogP contribution in [0.25, 0.3) is 0 Å². The SMILES string of the molecule is CC(C)(C)c1ccc([S+](c2ccc(C(C)(C)C)cc2)c2ccc(C(C)(C)C)cc2)cc1.O=S(=O)([O-])Oc1ccc(Cl)cc1. The van der Waals surface area contributed by atoms with Gasteiger partial charge in [-0.25, -0.2) is 8.42 Å². The largest absolute Gasteiger partial charge is 0.716 e. The van der Waals surface area contributed by atoms with Gasteiger partial charge in [-0.15, -0.1) is 0 Å². The lowest BCUT2D eigenvalue weighted by Crippen LogP contribution is -2.13. The lowest BCUT2D eigenvalue weighted by molar-refractivity contribution is 0.372. The standard InChI is InChI=1S/C30H39S.C6H5ClO4S/c1-28(2,3)22-10-16-25(17-11-22)31(26-18-12-23(13-19-26)29(4,5)6)27-20-14-24(15-21-27)30(7,8)9;7-5-1-3-6(4-2-5)11-12(8,9)10/h10-21H,1-9H3;1-4H,(H,8,9,10)/q+1;/p-1. The van der Waals surface area contributed by atoms with Gasteiger partial charge in [-0.1, -0.05) is 110 Å². The summed E-state index contributed by atoms with van der Waals surface area (Å²) >= 11 is 5.50. The van der Waals surface area contributed by atoms with Gasteiger partial charge in [0, 0.05) is 5.02 Å². The molecule has 0 radical (unpaired) electrons. The summed E-state index contributed by atoms with van der Waals surface area (Å²) in [5.41, 5.74) is 4.64. The van der Waals surface area contributed by atoms with Crippen molar-refractivity contribution in [3.05, 3.63) is 119 Å². The van der Waals surface area contributed by atoms with Crippen molar-refractivity contribution < 1.29 is 17.2 Å². The third-order valence-corrected chi connectivity index (χ3v) is 9.76. The maximum Gasteiger partial charge on any atom is 0.262 e. The second kappa shape index (κ2) is 13.5. The van der Waals surface area contributed by atoms with Crippen molar-refractivity contribution in [1.29, 1.82) is 0 Å². The monoisotopic (exact) mass is 638 g/mol. The molecule has 7 heteroatoms. The van der Waals surface area contributed by atoms with Gasteiger partial charge >= 0.3 is 0 Å². The van der Waals surface area contributed by atoms with E-state index in [1.165, 1.54) is 55.6 Å². The Labute approximate surface area is 266 Å². The maximum absolute atomic E-state index is 10.1. The molecule has 4 nitrogen and oxygen atoms in total. The van der Waals surface area contributed by atoms with Crippen LogP contribution in [0.4, 0.5) is 0 Å². The van der Waals surface area contributed by atoms with Crippen LogP contribution in [-0.4, -0.2) is 13.0 Å². The molecule has 0 aromatic heterocycles. The summed E-state index contributed by atoms with van der Waals surface area (Å²) in [6.45, 7) is 20.5. The Kier molecular flexibility index (Phi) is 10.9. The topological polar surface area (TPSA) is 66.4 Å². The fraction of sp³-hybridized carbons (Fsp3) is 0.333. The molecule has 0 unspecified atom stereocenters. The fourth-order valence-electron chi connectivity index (χ4n) is 4.29. The van der Waals surface area contributed by atoms with E-state index in [9.17, 15) is 13.0 Å². The van der Waals surface area contributed by atoms with Gasteiger partial charge in [0.15, 0.2) is 14.7 Å². The Hall–Kier alpha value is -2.77. The fourth-order valence-corrected chi connectivity index (χ4v) is 6.80. The molecule has 0 amide bonds. The van der Waals surface area contributed by atoms with Crippen LogP contribution < -0.4 is 4.18 Å². The zero-order valence-corrected chi connectivity index (χ0v) is 29.0. The Morgan fingerprint density at radius 2 is 0.814 bits per heavy atom. The Balaban J connectivity index is 0.000000353. The predicted molar refractivity (Wildman–Crippen MR) is 179 cm³/mol. The van der Waals surface area contributed by atoms with Crippen molar-refractivity contribution in [1.82, 2.24) is 0 Å². The molecule has 0 aliphatic rings. The van der Waals surface area contributed by atoms with Gasteiger partial charge in [-0.2, -0.15) is 0 Å². The van der Waals surface area contributed by atoms with E-state index in [0.29, 0.717) is 5.02 Å². The zero-order chi connectivity index (χ0) is 32.2. The average Bonchev–Trinajstić information content (AvgIpc) is 2.89. The van der Waals surface area contributed by atoms with Crippen molar-refractivity contribution in [3.8, 4) is 5.75 Å². The van der Waals surface area contributed by atoms with Crippen LogP contribution in [0.5, 0.6) is 5.75 Å². The summed E-state index contributed by atoms with van der Waals surface area (Å²) in [4.78, 5) is 4.13. The van der Waals surface area contributed by atoms with E-state index in [1.807, 2.05) is 0 Å². The van der Waals surface area contributed by atoms with Crippen LogP contribution in [0, 0.1) is 0 Å². The average molecular weight is 639 g/mol. The molecule has 0 aliphatic heterocycles. The first kappa shape index (κ1) is 34.7. The highest BCUT2D eigenvalue weighted by Crippen LogP contribution is 2.35. The molecule has 43 heavy (non-hydrogen) atoms. The minimum absolute atomic E-state index is 0.0469. The van der Waals surface area contributed by atoms with E-state index >= 15 is 0 Å². The summed E-state index contributed by atoms with van der Waals surface area (Å²) in [5, 5.41) is 0.436. The maximum atomic E-state index is 10.1. The highest BCUT2D eigenvalue weighted by molar-refractivity contribution is 7.97. The van der Waals surface area contributed by atoms with Crippen molar-refractivity contribution in [2.45, 2.75) is 93.2 Å². The van der Waals surface area contributed by atoms with Gasteiger partial charge in [0.1, 0.15) is 5.75 Å². The van der Waals surface area contributed by atoms with Crippen LogP contribution >= 0.6 is 11.6 Å². The Morgan fingerprint density at radius 1 is 0.535 bits per heavy atom. The van der Waals surface area contributed by atoms with Gasteiger partial charge < -0.3 is 8.74 Å². The minimum Gasteiger partial charge on any atom is -0.716 e. The van der Waals surface area contributed by atoms with E-state index < -0.39 is 10.4 Å². The van der Waals surface area contributed by atoms with E-state index in [1.54, 1.807) is 0 Å². The quantitative estimate of drug-likeness (QED) is 0.124.